The predicted octanol–water partition coefficient (Wildman–Crippen LogP) is 3.95. The summed E-state index contributed by atoms with van der Waals surface area (Å²) in [6, 6.07) is 0.723. The van der Waals surface area contributed by atoms with Crippen molar-refractivity contribution >= 4 is 34.3 Å². The summed E-state index contributed by atoms with van der Waals surface area (Å²) in [7, 11) is 0. The average molecular weight is 594 g/mol. The molecule has 2 saturated heterocycles. The molecule has 2 fully saturated rings. The van der Waals surface area contributed by atoms with E-state index < -0.39 is 57.5 Å². The minimum Gasteiger partial charge on any atom is -0.474 e. The van der Waals surface area contributed by atoms with Crippen molar-refractivity contribution in [1.82, 2.24) is 20.3 Å². The zero-order valence-electron chi connectivity index (χ0n) is 22.8. The Morgan fingerprint density at radius 1 is 1.14 bits per heavy atom. The molecule has 224 valence electrons. The van der Waals surface area contributed by atoms with Crippen LogP contribution in [0.15, 0.2) is 6.07 Å². The van der Waals surface area contributed by atoms with Gasteiger partial charge in [-0.2, -0.15) is 18.2 Å². The molecular weight excluding hydrogens is 565 g/mol. The van der Waals surface area contributed by atoms with Crippen molar-refractivity contribution in [2.45, 2.75) is 50.9 Å². The predicted molar refractivity (Wildman–Crippen MR) is 143 cm³/mol. The Morgan fingerprint density at radius 3 is 2.60 bits per heavy atom. The molecule has 4 N–H and O–H groups in total. The smallest absolute Gasteiger partial charge is 0.417 e. The van der Waals surface area contributed by atoms with Crippen LogP contribution < -0.4 is 26.0 Å². The molecule has 1 aromatic carbocycles. The molecule has 1 spiro atoms. The number of carbonyl (C=O) groups excluding carboxylic acids is 1. The summed E-state index contributed by atoms with van der Waals surface area (Å²) < 4.78 is 85.2. The molecule has 2 atom stereocenters. The molecule has 2 unspecified atom stereocenters. The number of anilines is 3. The fourth-order valence-corrected chi connectivity index (χ4v) is 5.73. The third-order valence-corrected chi connectivity index (χ3v) is 8.03. The van der Waals surface area contributed by atoms with Crippen LogP contribution in [0, 0.1) is 18.6 Å². The van der Waals surface area contributed by atoms with Gasteiger partial charge in [0.2, 0.25) is 11.8 Å². The van der Waals surface area contributed by atoms with Gasteiger partial charge in [0.1, 0.15) is 34.8 Å². The van der Waals surface area contributed by atoms with Crippen molar-refractivity contribution in [2.75, 3.05) is 48.7 Å². The van der Waals surface area contributed by atoms with Crippen LogP contribution in [0.3, 0.4) is 0 Å². The van der Waals surface area contributed by atoms with Gasteiger partial charge in [0.15, 0.2) is 5.82 Å². The van der Waals surface area contributed by atoms with E-state index in [2.05, 4.69) is 25.6 Å². The lowest BCUT2D eigenvalue weighted by Gasteiger charge is -2.48. The number of alkyl halides is 3. The lowest BCUT2D eigenvalue weighted by molar-refractivity contribution is -0.138. The second-order valence-electron chi connectivity index (χ2n) is 10.9. The Morgan fingerprint density at radius 2 is 1.93 bits per heavy atom. The van der Waals surface area contributed by atoms with Crippen LogP contribution in [0.25, 0.3) is 22.2 Å². The summed E-state index contributed by atoms with van der Waals surface area (Å²) >= 11 is 0. The van der Waals surface area contributed by atoms with Crippen LogP contribution in [0.4, 0.5) is 39.4 Å². The second kappa shape index (κ2) is 10.1. The Balaban J connectivity index is 1.64. The zero-order chi connectivity index (χ0) is 30.0. The van der Waals surface area contributed by atoms with Gasteiger partial charge in [0.25, 0.3) is 0 Å². The first kappa shape index (κ1) is 28.1. The number of cyclic esters (lactones) is 1. The first-order valence-electron chi connectivity index (χ1n) is 13.5. The van der Waals surface area contributed by atoms with E-state index in [0.717, 1.165) is 13.0 Å². The maximum absolute atomic E-state index is 16.5. The molecule has 0 saturated carbocycles. The quantitative estimate of drug-likeness (QED) is 0.228. The fourth-order valence-electron chi connectivity index (χ4n) is 5.73. The minimum absolute atomic E-state index is 0.0439. The number of rotatable bonds is 2. The summed E-state index contributed by atoms with van der Waals surface area (Å²) in [6.45, 7) is 4.73. The number of hydrogen-bond donors (Lipinski definition) is 3. The van der Waals surface area contributed by atoms with Crippen molar-refractivity contribution in [3.8, 4) is 17.1 Å². The van der Waals surface area contributed by atoms with Gasteiger partial charge < -0.3 is 30.7 Å². The molecule has 6 rings (SSSR count). The van der Waals surface area contributed by atoms with E-state index >= 15 is 4.39 Å². The molecule has 3 aromatic rings. The molecule has 3 aliphatic heterocycles. The van der Waals surface area contributed by atoms with Gasteiger partial charge in [-0.3, -0.25) is 4.79 Å². The van der Waals surface area contributed by atoms with Crippen molar-refractivity contribution in [2.24, 2.45) is 0 Å². The Kier molecular flexibility index (Phi) is 6.74. The SMILES string of the molecule is Cc1c(F)c(N)cc(-c2nc3c4c(nc(N5CCC56COC(=O)C6)nc4c2F)NCCNCCC(C)O3)c1C(F)(F)F. The summed E-state index contributed by atoms with van der Waals surface area (Å²) in [5.74, 6) is -2.77. The first-order valence-corrected chi connectivity index (χ1v) is 13.5. The highest BCUT2D eigenvalue weighted by molar-refractivity contribution is 5.97. The second-order valence-corrected chi connectivity index (χ2v) is 10.9. The highest BCUT2D eigenvalue weighted by atomic mass is 19.4. The maximum atomic E-state index is 16.5. The van der Waals surface area contributed by atoms with Gasteiger partial charge >= 0.3 is 12.1 Å². The first-order chi connectivity index (χ1) is 19.9. The third-order valence-electron chi connectivity index (χ3n) is 8.03. The summed E-state index contributed by atoms with van der Waals surface area (Å²) in [6.07, 6.45) is -4.30. The maximum Gasteiger partial charge on any atom is 0.417 e. The summed E-state index contributed by atoms with van der Waals surface area (Å²) in [4.78, 5) is 27.0. The molecule has 0 radical (unpaired) electrons. The van der Waals surface area contributed by atoms with Crippen LogP contribution in [0.1, 0.15) is 37.3 Å². The molecule has 0 bridgehead atoms. The van der Waals surface area contributed by atoms with Gasteiger partial charge in [0, 0.05) is 25.2 Å². The molecule has 15 heteroatoms. The Bertz CT molecular complexity index is 1600. The van der Waals surface area contributed by atoms with Gasteiger partial charge in [-0.15, -0.1) is 0 Å². The van der Waals surface area contributed by atoms with Gasteiger partial charge in [-0.05, 0) is 44.9 Å². The number of aromatic nitrogens is 3. The number of nitrogens with one attached hydrogen (secondary N) is 2. The van der Waals surface area contributed by atoms with E-state index in [0.29, 0.717) is 39.0 Å². The number of carbonyl (C=O) groups is 1. The van der Waals surface area contributed by atoms with Crippen LogP contribution in [-0.4, -0.2) is 65.4 Å². The molecule has 2 aromatic heterocycles. The van der Waals surface area contributed by atoms with Crippen molar-refractivity contribution < 1.29 is 36.2 Å². The minimum atomic E-state index is -5.06. The number of hydrogen-bond acceptors (Lipinski definition) is 10. The summed E-state index contributed by atoms with van der Waals surface area (Å²) in [5.41, 5.74) is 0.405. The number of nitrogen functional groups attached to an aromatic ring is 1. The molecule has 0 amide bonds. The fraction of sp³-hybridized carbons (Fsp3) is 0.481. The van der Waals surface area contributed by atoms with E-state index in [1.165, 1.54) is 0 Å². The van der Waals surface area contributed by atoms with Crippen LogP contribution in [0.5, 0.6) is 5.88 Å². The van der Waals surface area contributed by atoms with Gasteiger partial charge in [-0.25, -0.2) is 18.7 Å². The van der Waals surface area contributed by atoms with Gasteiger partial charge in [-0.1, -0.05) is 0 Å². The van der Waals surface area contributed by atoms with Crippen molar-refractivity contribution in [1.29, 1.82) is 0 Å². The highest BCUT2D eigenvalue weighted by Gasteiger charge is 2.53. The number of benzene rings is 1. The topological polar surface area (TPSA) is 128 Å². The normalized spacial score (nSPS) is 22.8. The van der Waals surface area contributed by atoms with Crippen molar-refractivity contribution in [3.05, 3.63) is 28.8 Å². The average Bonchev–Trinajstić information content (AvgIpc) is 3.31. The Hall–Kier alpha value is -4.01. The van der Waals surface area contributed by atoms with E-state index in [9.17, 15) is 22.4 Å². The lowest BCUT2D eigenvalue weighted by Crippen LogP contribution is -2.61. The number of esters is 1. The number of halogens is 5. The zero-order valence-corrected chi connectivity index (χ0v) is 22.8. The van der Waals surface area contributed by atoms with Gasteiger partial charge in [0.05, 0.1) is 29.3 Å². The van der Waals surface area contributed by atoms with E-state index in [1.807, 2.05) is 0 Å². The number of pyridine rings is 1. The molecule has 5 heterocycles. The van der Waals surface area contributed by atoms with Crippen molar-refractivity contribution in [3.63, 3.8) is 0 Å². The standard InChI is InChI=1S/C27H28F5N7O3/c1-12-3-5-34-6-7-35-23-17-22(37-25(38-23)39-8-4-26(39)10-16(40)41-11-26)20(29)21(36-24(17)42-12)14-9-15(33)19(28)13(2)18(14)27(30,31)32/h9,12,34H,3-8,10-11,33H2,1-2H3,(H,35,37,38). The molecule has 3 aliphatic rings. The number of ether oxygens (including phenoxy) is 2. The van der Waals surface area contributed by atoms with E-state index in [4.69, 9.17) is 15.2 Å². The van der Waals surface area contributed by atoms with Crippen LogP contribution in [-0.2, 0) is 15.7 Å². The number of nitrogens with zero attached hydrogens (tertiary/aromatic N) is 4. The molecule has 10 nitrogen and oxygen atoms in total. The lowest BCUT2D eigenvalue weighted by atomic mass is 9.84. The van der Waals surface area contributed by atoms with E-state index in [-0.39, 0.29) is 47.5 Å². The number of nitrogens with two attached hydrogens (primary N) is 1. The third kappa shape index (κ3) is 4.59. The monoisotopic (exact) mass is 593 g/mol. The van der Waals surface area contributed by atoms with E-state index in [1.54, 1.807) is 11.8 Å². The molecule has 42 heavy (non-hydrogen) atoms. The Labute approximate surface area is 236 Å². The van der Waals surface area contributed by atoms with Crippen LogP contribution in [0.2, 0.25) is 0 Å². The summed E-state index contributed by atoms with van der Waals surface area (Å²) in [5, 5.41) is 6.44. The highest BCUT2D eigenvalue weighted by Crippen LogP contribution is 2.46. The molecular formula is C27H28F5N7O3. The molecule has 0 aliphatic carbocycles. The largest absolute Gasteiger partial charge is 0.474 e. The van der Waals surface area contributed by atoms with Crippen LogP contribution >= 0.6 is 0 Å².